The third kappa shape index (κ3) is 4.52. The fraction of sp³-hybridized carbons (Fsp3) is 0.174. The highest BCUT2D eigenvalue weighted by atomic mass is 32.2. The summed E-state index contributed by atoms with van der Waals surface area (Å²) in [6, 6.07) is 26.5. The molecule has 29 heavy (non-hydrogen) atoms. The Hall–Kier alpha value is -2.64. The van der Waals surface area contributed by atoms with Crippen molar-refractivity contribution in [1.29, 1.82) is 0 Å². The predicted octanol–water partition coefficient (Wildman–Crippen LogP) is 4.70. The highest BCUT2D eigenvalue weighted by molar-refractivity contribution is 7.94. The maximum Gasteiger partial charge on any atom is 0.344 e. The minimum Gasteiger partial charge on any atom is -0.691 e. The molecule has 0 aliphatic rings. The van der Waals surface area contributed by atoms with Crippen LogP contribution in [0.4, 0.5) is 0 Å². The second kappa shape index (κ2) is 9.24. The average Bonchev–Trinajstić information content (AvgIpc) is 3.09. The van der Waals surface area contributed by atoms with Gasteiger partial charge < -0.3 is 9.67 Å². The van der Waals surface area contributed by atoms with E-state index in [1.807, 2.05) is 61.5 Å². The van der Waals surface area contributed by atoms with Crippen LogP contribution in [0, 0.1) is 6.92 Å². The van der Waals surface area contributed by atoms with E-state index in [-0.39, 0.29) is 5.25 Å². The Kier molecular flexibility index (Phi) is 6.27. The first-order valence-corrected chi connectivity index (χ1v) is 10.2. The van der Waals surface area contributed by atoms with Crippen molar-refractivity contribution >= 4 is 23.1 Å². The van der Waals surface area contributed by atoms with Crippen LogP contribution in [-0.2, 0) is 15.9 Å². The van der Waals surface area contributed by atoms with Gasteiger partial charge in [0.25, 0.3) is 5.52 Å². The second-order valence-electron chi connectivity index (χ2n) is 6.74. The zero-order chi connectivity index (χ0) is 20.1. The first-order valence-electron chi connectivity index (χ1n) is 9.41. The molecule has 0 aliphatic carbocycles. The molecule has 1 aromatic heterocycles. The van der Waals surface area contributed by atoms with E-state index in [1.54, 1.807) is 0 Å². The van der Waals surface area contributed by atoms with Gasteiger partial charge in [0, 0.05) is 24.5 Å². The lowest BCUT2D eigenvalue weighted by molar-refractivity contribution is -0.777. The smallest absolute Gasteiger partial charge is 0.344 e. The van der Waals surface area contributed by atoms with Gasteiger partial charge in [-0.2, -0.15) is 8.90 Å². The van der Waals surface area contributed by atoms with E-state index < -0.39 is 0 Å². The molecule has 5 nitrogen and oxygen atoms in total. The zero-order valence-corrected chi connectivity index (χ0v) is 16.8. The van der Waals surface area contributed by atoms with E-state index in [0.717, 1.165) is 46.6 Å². The molecule has 0 saturated carbocycles. The van der Waals surface area contributed by atoms with Crippen LogP contribution in [-0.4, -0.2) is 0 Å². The maximum absolute atomic E-state index is 10.3. The number of nitrogens with zero attached hydrogens (tertiary/aromatic N) is 1. The van der Waals surface area contributed by atoms with Gasteiger partial charge in [-0.15, -0.1) is 0 Å². The number of benzene rings is 3. The first kappa shape index (κ1) is 19.7. The van der Waals surface area contributed by atoms with Crippen molar-refractivity contribution < 1.29 is 23.6 Å². The number of oxazole rings is 1. The van der Waals surface area contributed by atoms with Crippen LogP contribution in [0.2, 0.25) is 0 Å². The van der Waals surface area contributed by atoms with Gasteiger partial charge in [-0.05, 0) is 22.8 Å². The fourth-order valence-corrected chi connectivity index (χ4v) is 4.13. The van der Waals surface area contributed by atoms with Gasteiger partial charge in [0.05, 0.1) is 12.2 Å². The van der Waals surface area contributed by atoms with Crippen molar-refractivity contribution in [2.75, 3.05) is 0 Å². The van der Waals surface area contributed by atoms with Gasteiger partial charge in [0.15, 0.2) is 6.54 Å². The number of hydrogen-bond donors (Lipinski definition) is 0. The summed E-state index contributed by atoms with van der Waals surface area (Å²) >= 11 is 1.03. The van der Waals surface area contributed by atoms with Gasteiger partial charge >= 0.3 is 5.89 Å². The van der Waals surface area contributed by atoms with Gasteiger partial charge in [-0.25, -0.2) is 0 Å². The number of rotatable bonds is 8. The van der Waals surface area contributed by atoms with E-state index >= 15 is 0 Å². The molecule has 1 heterocycles. The molecule has 4 rings (SSSR count). The minimum atomic E-state index is -0.0423. The Morgan fingerprint density at radius 3 is 2.41 bits per heavy atom. The van der Waals surface area contributed by atoms with Crippen LogP contribution >= 0.6 is 12.0 Å². The lowest BCUT2D eigenvalue weighted by Gasteiger charge is -2.15. The third-order valence-corrected chi connectivity index (χ3v) is 5.84. The number of fused-ring (bicyclic) bond motifs is 1. The molecule has 0 aliphatic heterocycles. The molecular formula is C23H21NO4S. The minimum absolute atomic E-state index is 0.0423. The van der Waals surface area contributed by atoms with E-state index in [4.69, 9.17) is 4.42 Å². The van der Waals surface area contributed by atoms with Crippen molar-refractivity contribution in [3.8, 4) is 11.1 Å². The van der Waals surface area contributed by atoms with Gasteiger partial charge in [-0.1, -0.05) is 66.7 Å². The summed E-state index contributed by atoms with van der Waals surface area (Å²) < 4.78 is 12.8. The molecule has 4 aromatic rings. The molecule has 0 spiro atoms. The van der Waals surface area contributed by atoms with Crippen molar-refractivity contribution in [3.05, 3.63) is 90.3 Å². The normalized spacial score (nSPS) is 12.3. The average molecular weight is 407 g/mol. The number of aromatic nitrogens is 1. The molecule has 148 valence electrons. The monoisotopic (exact) mass is 407 g/mol. The van der Waals surface area contributed by atoms with Crippen molar-refractivity contribution in [1.82, 2.24) is 0 Å². The second-order valence-corrected chi connectivity index (χ2v) is 7.64. The highest BCUT2D eigenvalue weighted by Crippen LogP contribution is 2.33. The van der Waals surface area contributed by atoms with Crippen molar-refractivity contribution in [2.45, 2.75) is 25.1 Å². The van der Waals surface area contributed by atoms with Crippen molar-refractivity contribution in [2.24, 2.45) is 0 Å². The molecule has 1 unspecified atom stereocenters. The Bertz CT molecular complexity index is 1070. The number of aryl methyl sites for hydroxylation is 2. The van der Waals surface area contributed by atoms with E-state index in [2.05, 4.69) is 38.2 Å². The molecule has 3 aromatic carbocycles. The lowest BCUT2D eigenvalue weighted by Crippen LogP contribution is -2.35. The third-order valence-electron chi connectivity index (χ3n) is 4.96. The standard InChI is InChI=1S/C23H21NO4S/c1-17-24(15-14-23(29-28-27-25)19-10-6-3-7-11-19)21-16-20(12-13-22(21)26-17)18-8-4-2-5-9-18/h2-13,16,23H,14-15H2,1H3. The molecule has 0 N–H and O–H groups in total. The summed E-state index contributed by atoms with van der Waals surface area (Å²) in [7, 11) is 0. The molecule has 0 amide bonds. The van der Waals surface area contributed by atoms with Crippen LogP contribution in [0.3, 0.4) is 0 Å². The van der Waals surface area contributed by atoms with E-state index in [1.165, 1.54) is 5.56 Å². The topological polar surface area (TPSA) is 58.5 Å². The van der Waals surface area contributed by atoms with Gasteiger partial charge in [-0.3, -0.25) is 5.04 Å². The first-order chi connectivity index (χ1) is 14.3. The zero-order valence-electron chi connectivity index (χ0n) is 16.0. The molecule has 0 fully saturated rings. The summed E-state index contributed by atoms with van der Waals surface area (Å²) in [5.41, 5.74) is 5.28. The van der Waals surface area contributed by atoms with Gasteiger partial charge in [0.2, 0.25) is 5.58 Å². The van der Waals surface area contributed by atoms with Crippen LogP contribution in [0.5, 0.6) is 0 Å². The van der Waals surface area contributed by atoms with E-state index in [0.29, 0.717) is 6.54 Å². The Balaban J connectivity index is 1.61. The largest absolute Gasteiger partial charge is 0.691 e. The van der Waals surface area contributed by atoms with Crippen LogP contribution in [0.25, 0.3) is 22.2 Å². The SMILES string of the molecule is Cc1oc2ccc(-c3ccccc3)cc2[n+]1CCC(SOO[O-])c1ccccc1. The summed E-state index contributed by atoms with van der Waals surface area (Å²) in [6.07, 6.45) is 0.744. The molecule has 1 atom stereocenters. The molecule has 6 heteroatoms. The van der Waals surface area contributed by atoms with E-state index in [9.17, 15) is 5.26 Å². The Labute approximate surface area is 173 Å². The van der Waals surface area contributed by atoms with Gasteiger partial charge in [0.1, 0.15) is 0 Å². The van der Waals surface area contributed by atoms with Crippen LogP contribution < -0.4 is 9.82 Å². The van der Waals surface area contributed by atoms with Crippen LogP contribution in [0.1, 0.15) is 23.1 Å². The Morgan fingerprint density at radius 1 is 0.966 bits per heavy atom. The lowest BCUT2D eigenvalue weighted by atomic mass is 10.1. The molecular weight excluding hydrogens is 386 g/mol. The Morgan fingerprint density at radius 2 is 1.69 bits per heavy atom. The summed E-state index contributed by atoms with van der Waals surface area (Å²) in [4.78, 5) is 0. The van der Waals surface area contributed by atoms with Crippen molar-refractivity contribution in [3.63, 3.8) is 0 Å². The highest BCUT2D eigenvalue weighted by Gasteiger charge is 2.23. The summed E-state index contributed by atoms with van der Waals surface area (Å²) in [5.74, 6) is 0.836. The van der Waals surface area contributed by atoms with Crippen LogP contribution in [0.15, 0.2) is 83.3 Å². The predicted molar refractivity (Wildman–Crippen MR) is 110 cm³/mol. The molecule has 0 saturated heterocycles. The number of hydrogen-bond acceptors (Lipinski definition) is 5. The summed E-state index contributed by atoms with van der Waals surface area (Å²) in [6.45, 7) is 2.68. The quantitative estimate of drug-likeness (QED) is 0.183. The fourth-order valence-electron chi connectivity index (χ4n) is 3.53. The molecule has 0 radical (unpaired) electrons. The summed E-state index contributed by atoms with van der Waals surface area (Å²) in [5, 5.41) is 13.9. The maximum atomic E-state index is 10.3. The molecule has 0 bridgehead atoms.